The van der Waals surface area contributed by atoms with Gasteiger partial charge < -0.3 is 58.2 Å². The average Bonchev–Trinajstić information content (AvgIpc) is 0.742. The van der Waals surface area contributed by atoms with Gasteiger partial charge >= 0.3 is 37.1 Å². The van der Waals surface area contributed by atoms with E-state index in [9.17, 15) is 19.2 Å². The number of allylic oxidation sites excluding steroid dienone is 1. The van der Waals surface area contributed by atoms with E-state index >= 15 is 0 Å². The summed E-state index contributed by atoms with van der Waals surface area (Å²) in [4.78, 5) is 130. The van der Waals surface area contributed by atoms with Crippen molar-refractivity contribution >= 4 is 291 Å². The Labute approximate surface area is 690 Å². The molecule has 28 nitrogen and oxygen atoms in total. The Hall–Kier alpha value is -7.88. The molecule has 2 aliphatic carbocycles. The van der Waals surface area contributed by atoms with Crippen LogP contribution in [0, 0.1) is 32.5 Å². The van der Waals surface area contributed by atoms with E-state index < -0.39 is 23.1 Å². The zero-order chi connectivity index (χ0) is 75.2. The topological polar surface area (TPSA) is 430 Å². The first kappa shape index (κ1) is 82.2. The van der Waals surface area contributed by atoms with Crippen LogP contribution in [0.5, 0.6) is 0 Å². The number of nitrogens with two attached hydrogens (primary N) is 4. The fraction of sp³-hybridized carbons (Fsp3) is 0.0164. The molecule has 0 spiro atoms. The van der Waals surface area contributed by atoms with Crippen molar-refractivity contribution in [2.75, 3.05) is 11.5 Å². The first-order chi connectivity index (χ1) is 49.4. The normalized spacial score (nSPS) is 11.8. The summed E-state index contributed by atoms with van der Waals surface area (Å²) in [7, 11) is 0. The molecule has 10 aromatic heterocycles. The van der Waals surface area contributed by atoms with Gasteiger partial charge in [0.25, 0.3) is 0 Å². The van der Waals surface area contributed by atoms with Crippen molar-refractivity contribution in [2.24, 2.45) is 11.5 Å². The summed E-state index contributed by atoms with van der Waals surface area (Å²) in [6.45, 7) is 12.1. The summed E-state index contributed by atoms with van der Waals surface area (Å²) < 4.78 is 0. The molecule has 0 saturated carbocycles. The number of anilines is 2. The minimum Gasteiger partial charge on any atom is -0.508 e. The maximum atomic E-state index is 12.0. The molecule has 0 fully saturated rings. The first-order valence-electron chi connectivity index (χ1n) is 27.6. The van der Waals surface area contributed by atoms with E-state index in [1.54, 1.807) is 19.1 Å². The Bertz CT molecular complexity index is 5770. The molecule has 0 amide bonds. The average molecular weight is 1790 g/mol. The maximum absolute atomic E-state index is 12.0. The van der Waals surface area contributed by atoms with E-state index in [4.69, 9.17) is 220 Å². The molecule has 0 unspecified atom stereocenters. The molecule has 45 heteroatoms. The van der Waals surface area contributed by atoms with Gasteiger partial charge in [-0.25, -0.2) is 89.7 Å². The second-order valence-electron chi connectivity index (χ2n) is 20.0. The minimum atomic E-state index is -0.901. The number of halogens is 15. The van der Waals surface area contributed by atoms with Crippen molar-refractivity contribution < 1.29 is 56.3 Å². The van der Waals surface area contributed by atoms with Crippen LogP contribution < -0.4 is 22.9 Å². The van der Waals surface area contributed by atoms with Gasteiger partial charge in [-0.1, -0.05) is 117 Å². The van der Waals surface area contributed by atoms with E-state index in [1.807, 2.05) is 36.4 Å². The number of hydrogen-bond donors (Lipinski definition) is 4. The fourth-order valence-electron chi connectivity index (χ4n) is 9.56. The van der Waals surface area contributed by atoms with Gasteiger partial charge in [0.1, 0.15) is 97.4 Å². The quantitative estimate of drug-likeness (QED) is 0.0144. The molecule has 10 heterocycles. The number of nitrogen functional groups attached to an aromatic ring is 2. The number of benzene rings is 4. The summed E-state index contributed by atoms with van der Waals surface area (Å²) in [5, 5.41) is 0.706. The molecule has 0 atom stereocenters. The molecule has 0 saturated heterocycles. The van der Waals surface area contributed by atoms with Crippen molar-refractivity contribution in [1.29, 1.82) is 0 Å². The molecule has 2 aliphatic rings. The van der Waals surface area contributed by atoms with Gasteiger partial charge in [0, 0.05) is 10.9 Å². The molecule has 16 rings (SSSR count). The minimum absolute atomic E-state index is 0. The zero-order valence-corrected chi connectivity index (χ0v) is 65.5. The third-order valence-corrected chi connectivity index (χ3v) is 17.2. The van der Waals surface area contributed by atoms with Crippen molar-refractivity contribution in [2.45, 2.75) is 6.92 Å². The third kappa shape index (κ3) is 16.6. The molecule has 4 aromatic carbocycles. The number of nitrogens with zero attached hydrogens (tertiary/aromatic N) is 20. The van der Waals surface area contributed by atoms with Crippen molar-refractivity contribution in [3.8, 4) is 22.8 Å². The van der Waals surface area contributed by atoms with Crippen LogP contribution in [-0.2, 0) is 37.1 Å². The van der Waals surface area contributed by atoms with Gasteiger partial charge in [-0.15, -0.1) is 0 Å². The number of hydrogen-bond acceptors (Lipinski definition) is 28. The van der Waals surface area contributed by atoms with E-state index in [0.717, 1.165) is 0 Å². The largest absolute Gasteiger partial charge is 2.00 e. The number of rotatable bonds is 2. The predicted octanol–water partition coefficient (Wildman–Crippen LogP) is 15.6. The van der Waals surface area contributed by atoms with Gasteiger partial charge in [0.05, 0.1) is 66.3 Å². The maximum Gasteiger partial charge on any atom is 2.00 e. The summed E-state index contributed by atoms with van der Waals surface area (Å²) in [6, 6.07) is 14.7. The molecular formula is C61H23Cl15N24O4V2. The Kier molecular flexibility index (Phi) is 26.5. The third-order valence-electron chi connectivity index (χ3n) is 13.8. The smallest absolute Gasteiger partial charge is 0.508 e. The SMILES string of the molecule is Clc1nc(Cl)c2c(n1)c1nc(Cl)nc(Cl)c1c1nc3ccccc3nc12.Nc1ccccc1N.O=C1C(=O)c2c(Cl)nc(Cl)nc2-c2nc(Cl)nc(Cl)c21.O=C1C(=O)c2c(Cl)nc(Cl)nc2-c2nc(Cl)nc(Cl)c21.[CH-]=CC(N)=[C-]N.[CH-]=Cc1[c-]nc2c(n1)c1c(Cl)nc(Cl)nc1c1nc(C)nc(Cl)c21.[V+2].[V+2]. The number of aromatic nitrogens is 20. The van der Waals surface area contributed by atoms with Crippen molar-refractivity contribution in [1.82, 2.24) is 99.7 Å². The Morgan fingerprint density at radius 3 is 0.953 bits per heavy atom. The number of Topliss-reactive ketones (excluding diaryl/α,β-unsaturated/α-hetero) is 4. The summed E-state index contributed by atoms with van der Waals surface area (Å²) in [6.07, 6.45) is 7.31. The standard InChI is InChI=1S/C16H4Cl4N6.C15H5Cl3N6.2C10Cl4N4O2.C6H8N2.C4H6N2.2V/c17-13-7-9-10(22-6-4-2-1-3-5(6)21-9)8-12(11(7)23-15(19)25-13)24-16(20)26-14(8)18;1-3-6-4-19-9-7-11(20-5(2)21-13(7)16)12-8(10(9)22-6)14(17)24-15(18)23-12;2*11-7-1-3(15-9(13)17-7)4-2(6(20)5(1)19)8(12)18-10(14)16-4;7-5-3-1-2-4-6(5)8;1-2-4(6)3-5;;/h1-4H;1,3H,2H3;;;1-4H,7-8H2;1-2H,5-6H2;;/q;-2;;;;-2;2*+2. The Morgan fingerprint density at radius 1 is 0.377 bits per heavy atom. The molecule has 2 radical (unpaired) electrons. The number of ketones is 4. The van der Waals surface area contributed by atoms with Crippen LogP contribution >= 0.6 is 174 Å². The number of aryl methyl sites for hydroxylation is 1. The molecule has 106 heavy (non-hydrogen) atoms. The van der Waals surface area contributed by atoms with Crippen LogP contribution in [0.25, 0.3) is 106 Å². The Morgan fingerprint density at radius 2 is 0.651 bits per heavy atom. The molecule has 8 N–H and O–H groups in total. The monoisotopic (exact) mass is 1780 g/mol. The Balaban J connectivity index is 0.000000154. The summed E-state index contributed by atoms with van der Waals surface area (Å²) in [5.41, 5.74) is 26.6. The summed E-state index contributed by atoms with van der Waals surface area (Å²) >= 11 is 89.4. The molecule has 0 aliphatic heterocycles. The number of carbonyl (C=O) groups is 4. The fourth-order valence-corrected chi connectivity index (χ4v) is 13.1. The van der Waals surface area contributed by atoms with Crippen molar-refractivity contribution in [3.05, 3.63) is 198 Å². The van der Waals surface area contributed by atoms with Gasteiger partial charge in [0.15, 0.2) is 0 Å². The molecule has 14 aromatic rings. The van der Waals surface area contributed by atoms with Gasteiger partial charge in [0.2, 0.25) is 60.1 Å². The van der Waals surface area contributed by atoms with Crippen molar-refractivity contribution in [3.63, 3.8) is 0 Å². The van der Waals surface area contributed by atoms with E-state index in [1.165, 1.54) is 12.2 Å². The van der Waals surface area contributed by atoms with E-state index in [-0.39, 0.29) is 166 Å². The van der Waals surface area contributed by atoms with Crippen LogP contribution in [0.3, 0.4) is 0 Å². The van der Waals surface area contributed by atoms with Gasteiger partial charge in [-0.2, -0.15) is 11.9 Å². The number of para-hydroxylation sites is 4. The van der Waals surface area contributed by atoms with Crippen LogP contribution in [0.15, 0.2) is 60.3 Å². The zero-order valence-electron chi connectivity index (χ0n) is 51.4. The predicted molar refractivity (Wildman–Crippen MR) is 399 cm³/mol. The number of carbonyl (C=O) groups excluding carboxylic acids is 4. The molecular weight excluding hydrogens is 1770 g/mol. The second kappa shape index (κ2) is 34.1. The first-order valence-corrected chi connectivity index (χ1v) is 33.3. The summed E-state index contributed by atoms with van der Waals surface area (Å²) in [5.74, 6) is -3.13. The van der Waals surface area contributed by atoms with Crippen LogP contribution in [0.2, 0.25) is 78.2 Å². The van der Waals surface area contributed by atoms with E-state index in [0.29, 0.717) is 99.6 Å². The molecule has 526 valence electrons. The van der Waals surface area contributed by atoms with Crippen LogP contribution in [0.4, 0.5) is 11.4 Å². The van der Waals surface area contributed by atoms with Gasteiger partial charge in [-0.3, -0.25) is 31.1 Å². The molecule has 0 bridgehead atoms. The van der Waals surface area contributed by atoms with Gasteiger partial charge in [-0.05, 0) is 118 Å². The second-order valence-corrected chi connectivity index (χ2v) is 25.3. The van der Waals surface area contributed by atoms with Crippen LogP contribution in [0.1, 0.15) is 53.0 Å². The number of fused-ring (bicyclic) bond motifs is 19. The van der Waals surface area contributed by atoms with E-state index in [2.05, 4.69) is 102 Å². The van der Waals surface area contributed by atoms with Crippen LogP contribution in [-0.4, -0.2) is 123 Å².